The van der Waals surface area contributed by atoms with Crippen molar-refractivity contribution in [1.29, 1.82) is 0 Å². The average molecular weight is 543 g/mol. The van der Waals surface area contributed by atoms with E-state index >= 15 is 0 Å². The summed E-state index contributed by atoms with van der Waals surface area (Å²) in [6, 6.07) is 24.4. The second kappa shape index (κ2) is 14.4. The van der Waals surface area contributed by atoms with Crippen molar-refractivity contribution >= 4 is 23.6 Å². The number of benzene rings is 3. The van der Waals surface area contributed by atoms with E-state index < -0.39 is 6.04 Å². The molecule has 1 aliphatic carbocycles. The zero-order valence-corrected chi connectivity index (χ0v) is 24.4. The molecule has 39 heavy (non-hydrogen) atoms. The van der Waals surface area contributed by atoms with Crippen LogP contribution in [0.5, 0.6) is 0 Å². The van der Waals surface area contributed by atoms with E-state index in [1.54, 1.807) is 11.8 Å². The van der Waals surface area contributed by atoms with Crippen LogP contribution in [0.3, 0.4) is 0 Å². The Kier molecular flexibility index (Phi) is 10.7. The summed E-state index contributed by atoms with van der Waals surface area (Å²) >= 11 is 1.62. The summed E-state index contributed by atoms with van der Waals surface area (Å²) in [7, 11) is 0. The maximum atomic E-state index is 13.9. The number of hydrogen-bond donors (Lipinski definition) is 1. The van der Waals surface area contributed by atoms with Gasteiger partial charge in [0.05, 0.1) is 5.75 Å². The zero-order valence-electron chi connectivity index (χ0n) is 23.6. The van der Waals surface area contributed by atoms with Crippen molar-refractivity contribution in [3.63, 3.8) is 0 Å². The Bertz CT molecular complexity index is 1220. The highest BCUT2D eigenvalue weighted by Gasteiger charge is 2.32. The molecule has 0 heterocycles. The molecule has 206 valence electrons. The van der Waals surface area contributed by atoms with Crippen molar-refractivity contribution in [2.24, 2.45) is 0 Å². The van der Waals surface area contributed by atoms with Crippen LogP contribution in [0.4, 0.5) is 0 Å². The van der Waals surface area contributed by atoms with Crippen LogP contribution in [0.15, 0.2) is 72.8 Å². The maximum absolute atomic E-state index is 13.9. The number of thioether (sulfide) groups is 1. The molecule has 0 aliphatic heterocycles. The molecule has 4 rings (SSSR count). The first-order chi connectivity index (χ1) is 18.9. The minimum absolute atomic E-state index is 0.00681. The molecule has 2 amide bonds. The molecule has 0 aromatic heterocycles. The van der Waals surface area contributed by atoms with Gasteiger partial charge >= 0.3 is 0 Å². The van der Waals surface area contributed by atoms with Gasteiger partial charge in [0, 0.05) is 24.8 Å². The van der Waals surface area contributed by atoms with E-state index in [1.807, 2.05) is 47.4 Å². The van der Waals surface area contributed by atoms with Crippen LogP contribution in [-0.4, -0.2) is 34.6 Å². The zero-order chi connectivity index (χ0) is 27.6. The minimum Gasteiger partial charge on any atom is -0.352 e. The molecule has 0 spiro atoms. The Hall–Kier alpha value is -3.05. The van der Waals surface area contributed by atoms with Crippen LogP contribution in [-0.2, 0) is 28.3 Å². The summed E-state index contributed by atoms with van der Waals surface area (Å²) in [5, 5.41) is 3.33. The van der Waals surface area contributed by atoms with Gasteiger partial charge in [0.2, 0.25) is 11.8 Å². The predicted octanol–water partition coefficient (Wildman–Crippen LogP) is 6.93. The number of aryl methyl sites for hydroxylation is 3. The first kappa shape index (κ1) is 28.9. The van der Waals surface area contributed by atoms with Gasteiger partial charge in [-0.15, -0.1) is 11.8 Å². The summed E-state index contributed by atoms with van der Waals surface area (Å²) in [5.41, 5.74) is 6.97. The first-order valence-corrected chi connectivity index (χ1v) is 15.4. The van der Waals surface area contributed by atoms with E-state index in [1.165, 1.54) is 23.1 Å². The van der Waals surface area contributed by atoms with E-state index in [0.29, 0.717) is 18.7 Å². The summed E-state index contributed by atoms with van der Waals surface area (Å²) in [6.07, 6.45) is 6.06. The van der Waals surface area contributed by atoms with Gasteiger partial charge in [-0.05, 0) is 55.9 Å². The number of carbonyl (C=O) groups is 2. The summed E-state index contributed by atoms with van der Waals surface area (Å²) in [5.74, 6) is 1.07. The molecule has 0 unspecified atom stereocenters. The fraction of sp³-hybridized carbons (Fsp3) is 0.412. The van der Waals surface area contributed by atoms with E-state index in [9.17, 15) is 9.59 Å². The Morgan fingerprint density at radius 1 is 0.872 bits per heavy atom. The number of hydrogen-bond acceptors (Lipinski definition) is 3. The molecule has 1 N–H and O–H groups in total. The third-order valence-electron chi connectivity index (χ3n) is 7.60. The smallest absolute Gasteiger partial charge is 0.243 e. The molecule has 1 atom stereocenters. The third kappa shape index (κ3) is 8.72. The second-order valence-corrected chi connectivity index (χ2v) is 12.0. The SMILES string of the molecule is Cc1cc(C)cc(CSCC(=O)N(Cc2ccccc2C)[C@@H](Cc2ccccc2)C(=O)NC2CCCCC2)c1. The predicted molar refractivity (Wildman–Crippen MR) is 163 cm³/mol. The molecule has 3 aromatic carbocycles. The minimum atomic E-state index is -0.566. The molecule has 1 fully saturated rings. The van der Waals surface area contributed by atoms with Crippen LogP contribution in [0.1, 0.15) is 65.5 Å². The number of nitrogens with zero attached hydrogens (tertiary/aromatic N) is 1. The van der Waals surface area contributed by atoms with Crippen molar-refractivity contribution < 1.29 is 9.59 Å². The Labute approximate surface area is 238 Å². The van der Waals surface area contributed by atoms with Gasteiger partial charge in [-0.1, -0.05) is 103 Å². The van der Waals surface area contributed by atoms with Crippen LogP contribution >= 0.6 is 11.8 Å². The molecule has 0 bridgehead atoms. The van der Waals surface area contributed by atoms with E-state index in [4.69, 9.17) is 0 Å². The highest BCUT2D eigenvalue weighted by Crippen LogP contribution is 2.22. The van der Waals surface area contributed by atoms with Gasteiger partial charge < -0.3 is 10.2 Å². The molecular formula is C34H42N2O2S. The van der Waals surface area contributed by atoms with E-state index in [0.717, 1.165) is 48.1 Å². The van der Waals surface area contributed by atoms with E-state index in [-0.39, 0.29) is 17.9 Å². The molecule has 3 aromatic rings. The second-order valence-electron chi connectivity index (χ2n) is 11.0. The average Bonchev–Trinajstić information content (AvgIpc) is 2.92. The summed E-state index contributed by atoms with van der Waals surface area (Å²) in [6.45, 7) is 6.71. The topological polar surface area (TPSA) is 49.4 Å². The fourth-order valence-electron chi connectivity index (χ4n) is 5.56. The number of carbonyl (C=O) groups excluding carboxylic acids is 2. The lowest BCUT2D eigenvalue weighted by molar-refractivity contribution is -0.139. The number of amides is 2. The molecule has 4 nitrogen and oxygen atoms in total. The lowest BCUT2D eigenvalue weighted by Crippen LogP contribution is -2.53. The van der Waals surface area contributed by atoms with Crippen LogP contribution in [0, 0.1) is 20.8 Å². The van der Waals surface area contributed by atoms with Gasteiger partial charge in [-0.25, -0.2) is 0 Å². The van der Waals surface area contributed by atoms with Gasteiger partial charge in [-0.3, -0.25) is 9.59 Å². The van der Waals surface area contributed by atoms with Crippen molar-refractivity contribution in [2.45, 2.75) is 83.7 Å². The number of nitrogens with one attached hydrogen (secondary N) is 1. The lowest BCUT2D eigenvalue weighted by Gasteiger charge is -2.34. The van der Waals surface area contributed by atoms with Gasteiger partial charge in [0.15, 0.2) is 0 Å². The molecular weight excluding hydrogens is 500 g/mol. The van der Waals surface area contributed by atoms with Crippen LogP contribution in [0.25, 0.3) is 0 Å². The normalized spacial score (nSPS) is 14.5. The standard InChI is InChI=1S/C34H42N2O2S/c1-25-18-26(2)20-29(19-25)23-39-24-33(37)36(22-30-15-11-10-12-27(30)3)32(21-28-13-6-4-7-14-28)34(38)35-31-16-8-5-9-17-31/h4,6-7,10-15,18-20,31-32H,5,8-9,16-17,21-24H2,1-3H3,(H,35,38)/t32-/m0/s1. The van der Waals surface area contributed by atoms with Gasteiger partial charge in [0.25, 0.3) is 0 Å². The van der Waals surface area contributed by atoms with Crippen LogP contribution in [0.2, 0.25) is 0 Å². The molecule has 5 heteroatoms. The maximum Gasteiger partial charge on any atom is 0.243 e. The van der Waals surface area contributed by atoms with Gasteiger partial charge in [0.1, 0.15) is 6.04 Å². The van der Waals surface area contributed by atoms with Crippen LogP contribution < -0.4 is 5.32 Å². The van der Waals surface area contributed by atoms with Crippen molar-refractivity contribution in [2.75, 3.05) is 5.75 Å². The lowest BCUT2D eigenvalue weighted by atomic mass is 9.94. The van der Waals surface area contributed by atoms with Crippen molar-refractivity contribution in [3.8, 4) is 0 Å². The molecule has 1 aliphatic rings. The highest BCUT2D eigenvalue weighted by molar-refractivity contribution is 7.99. The summed E-state index contributed by atoms with van der Waals surface area (Å²) in [4.78, 5) is 29.7. The Balaban J connectivity index is 1.57. The van der Waals surface area contributed by atoms with E-state index in [2.05, 4.69) is 56.4 Å². The third-order valence-corrected chi connectivity index (χ3v) is 8.59. The Morgan fingerprint density at radius 3 is 2.23 bits per heavy atom. The highest BCUT2D eigenvalue weighted by atomic mass is 32.2. The fourth-order valence-corrected chi connectivity index (χ4v) is 6.41. The Morgan fingerprint density at radius 2 is 1.54 bits per heavy atom. The summed E-state index contributed by atoms with van der Waals surface area (Å²) < 4.78 is 0. The van der Waals surface area contributed by atoms with Crippen molar-refractivity contribution in [3.05, 3.63) is 106 Å². The quantitative estimate of drug-likeness (QED) is 0.286. The monoisotopic (exact) mass is 542 g/mol. The molecule has 1 saturated carbocycles. The largest absolute Gasteiger partial charge is 0.352 e. The molecule has 0 saturated heterocycles. The van der Waals surface area contributed by atoms with Gasteiger partial charge in [-0.2, -0.15) is 0 Å². The van der Waals surface area contributed by atoms with Crippen molar-refractivity contribution in [1.82, 2.24) is 10.2 Å². The molecule has 0 radical (unpaired) electrons. The first-order valence-electron chi connectivity index (χ1n) is 14.2. The number of rotatable bonds is 11.